The van der Waals surface area contributed by atoms with Crippen molar-refractivity contribution in [3.63, 3.8) is 0 Å². The molecule has 2 heteroatoms. The van der Waals surface area contributed by atoms with Gasteiger partial charge in [-0.25, -0.2) is 0 Å². The summed E-state index contributed by atoms with van der Waals surface area (Å²) in [4.78, 5) is 0. The third-order valence-corrected chi connectivity index (χ3v) is 7.96. The lowest BCUT2D eigenvalue weighted by Gasteiger charge is -2.23. The second kappa shape index (κ2) is 11.2. The van der Waals surface area contributed by atoms with E-state index in [0.717, 1.165) is 29.7 Å². The van der Waals surface area contributed by atoms with Gasteiger partial charge in [-0.05, 0) is 80.6 Å². The monoisotopic (exact) mass is 507 g/mol. The molecular formula is C37H33NO. The molecule has 0 aliphatic rings. The van der Waals surface area contributed by atoms with Gasteiger partial charge >= 0.3 is 0 Å². The van der Waals surface area contributed by atoms with Crippen molar-refractivity contribution < 1.29 is 4.74 Å². The lowest BCUT2D eigenvalue weighted by molar-refractivity contribution is 0.192. The van der Waals surface area contributed by atoms with Gasteiger partial charge in [0.05, 0.1) is 11.6 Å². The minimum absolute atomic E-state index is 0.0167. The Kier molecular flexibility index (Phi) is 7.15. The van der Waals surface area contributed by atoms with Crippen LogP contribution in [0.1, 0.15) is 62.7 Å². The van der Waals surface area contributed by atoms with Gasteiger partial charge in [-0.15, -0.1) is 0 Å². The SMILES string of the molecule is CCCCCCCC(Oc1ccc(-c2ccc(C#N)cc2)cc1)c1ccc2ccc3cccc4ccc1c2c34. The smallest absolute Gasteiger partial charge is 0.124 e. The molecule has 0 heterocycles. The molecule has 0 fully saturated rings. The van der Waals surface area contributed by atoms with E-state index in [1.807, 2.05) is 24.3 Å². The second-order valence-electron chi connectivity index (χ2n) is 10.5. The van der Waals surface area contributed by atoms with Crippen molar-refractivity contribution in [2.75, 3.05) is 0 Å². The lowest BCUT2D eigenvalue weighted by Crippen LogP contribution is -2.09. The van der Waals surface area contributed by atoms with Gasteiger partial charge in [0.25, 0.3) is 0 Å². The quantitative estimate of drug-likeness (QED) is 0.136. The van der Waals surface area contributed by atoms with Gasteiger partial charge in [0.1, 0.15) is 11.9 Å². The number of hydrogen-bond acceptors (Lipinski definition) is 2. The molecule has 0 saturated carbocycles. The Hall–Kier alpha value is -4.35. The minimum atomic E-state index is -0.0167. The number of hydrogen-bond donors (Lipinski definition) is 0. The maximum Gasteiger partial charge on any atom is 0.124 e. The van der Waals surface area contributed by atoms with Crippen molar-refractivity contribution in [3.8, 4) is 22.9 Å². The first-order valence-electron chi connectivity index (χ1n) is 14.2. The predicted octanol–water partition coefficient (Wildman–Crippen LogP) is 10.6. The summed E-state index contributed by atoms with van der Waals surface area (Å²) in [6.45, 7) is 2.26. The van der Waals surface area contributed by atoms with Gasteiger partial charge in [0.2, 0.25) is 0 Å². The molecule has 0 aromatic heterocycles. The number of nitrogens with zero attached hydrogens (tertiary/aromatic N) is 1. The molecule has 2 nitrogen and oxygen atoms in total. The molecule has 0 bridgehead atoms. The number of benzene rings is 6. The van der Waals surface area contributed by atoms with E-state index in [-0.39, 0.29) is 6.10 Å². The first-order valence-corrected chi connectivity index (χ1v) is 14.2. The Morgan fingerprint density at radius 3 is 1.95 bits per heavy atom. The van der Waals surface area contributed by atoms with Crippen LogP contribution < -0.4 is 4.74 Å². The van der Waals surface area contributed by atoms with Crippen molar-refractivity contribution in [2.45, 2.75) is 51.6 Å². The Bertz CT molecular complexity index is 1730. The topological polar surface area (TPSA) is 33.0 Å². The fourth-order valence-electron chi connectivity index (χ4n) is 5.88. The predicted molar refractivity (Wildman–Crippen MR) is 163 cm³/mol. The van der Waals surface area contributed by atoms with Crippen molar-refractivity contribution >= 4 is 32.3 Å². The van der Waals surface area contributed by atoms with Crippen LogP contribution in [0.3, 0.4) is 0 Å². The van der Waals surface area contributed by atoms with Gasteiger partial charge in [0, 0.05) is 5.56 Å². The van der Waals surface area contributed by atoms with E-state index in [2.05, 4.69) is 91.9 Å². The van der Waals surface area contributed by atoms with Crippen molar-refractivity contribution in [2.24, 2.45) is 0 Å². The number of rotatable bonds is 10. The van der Waals surface area contributed by atoms with Crippen molar-refractivity contribution in [1.29, 1.82) is 5.26 Å². The van der Waals surface area contributed by atoms with E-state index in [0.29, 0.717) is 5.56 Å². The molecule has 192 valence electrons. The first-order chi connectivity index (χ1) is 19.2. The average Bonchev–Trinajstić information content (AvgIpc) is 2.99. The molecule has 0 aliphatic carbocycles. The largest absolute Gasteiger partial charge is 0.486 e. The third kappa shape index (κ3) is 5.06. The van der Waals surface area contributed by atoms with E-state index in [4.69, 9.17) is 10.00 Å². The Balaban J connectivity index is 1.34. The molecule has 0 N–H and O–H groups in total. The maximum absolute atomic E-state index is 9.10. The minimum Gasteiger partial charge on any atom is -0.486 e. The summed E-state index contributed by atoms with van der Waals surface area (Å²) in [6.07, 6.45) is 7.18. The van der Waals surface area contributed by atoms with Crippen molar-refractivity contribution in [3.05, 3.63) is 114 Å². The zero-order valence-electron chi connectivity index (χ0n) is 22.5. The molecule has 0 aliphatic heterocycles. The summed E-state index contributed by atoms with van der Waals surface area (Å²) in [5.74, 6) is 0.886. The van der Waals surface area contributed by atoms with Gasteiger partial charge in [-0.1, -0.05) is 111 Å². The van der Waals surface area contributed by atoms with E-state index in [1.54, 1.807) is 0 Å². The van der Waals surface area contributed by atoms with Crippen LogP contribution in [0.15, 0.2) is 103 Å². The fourth-order valence-corrected chi connectivity index (χ4v) is 5.88. The number of unbranched alkanes of at least 4 members (excludes halogenated alkanes) is 4. The standard InChI is InChI=1S/C37H33NO/c1-2-3-4-5-6-10-35(39-32-21-17-28(18-22-32)27-13-11-26(25-38)12-14-27)33-23-19-31-16-15-29-8-7-9-30-20-24-34(33)37(31)36(29)30/h7-9,11-24,35H,2-6,10H2,1H3. The molecule has 0 amide bonds. The molecular weight excluding hydrogens is 474 g/mol. The summed E-state index contributed by atoms with van der Waals surface area (Å²) in [7, 11) is 0. The van der Waals surface area contributed by atoms with Gasteiger partial charge in [-0.3, -0.25) is 0 Å². The van der Waals surface area contributed by atoms with Gasteiger partial charge in [-0.2, -0.15) is 5.26 Å². The second-order valence-corrected chi connectivity index (χ2v) is 10.5. The van der Waals surface area contributed by atoms with E-state index >= 15 is 0 Å². The normalized spacial score (nSPS) is 12.2. The summed E-state index contributed by atoms with van der Waals surface area (Å²) >= 11 is 0. The molecule has 0 spiro atoms. The maximum atomic E-state index is 9.10. The molecule has 0 radical (unpaired) electrons. The lowest BCUT2D eigenvalue weighted by atomic mass is 9.89. The molecule has 6 aromatic carbocycles. The highest BCUT2D eigenvalue weighted by molar-refractivity contribution is 6.23. The van der Waals surface area contributed by atoms with Crippen LogP contribution in [0.4, 0.5) is 0 Å². The van der Waals surface area contributed by atoms with Gasteiger partial charge < -0.3 is 4.74 Å². The molecule has 6 aromatic rings. The molecule has 1 unspecified atom stereocenters. The van der Waals surface area contributed by atoms with E-state index < -0.39 is 0 Å². The van der Waals surface area contributed by atoms with E-state index in [9.17, 15) is 0 Å². The Labute approximate surface area is 230 Å². The molecule has 0 saturated heterocycles. The highest BCUT2D eigenvalue weighted by Crippen LogP contribution is 2.40. The number of ether oxygens (including phenoxy) is 1. The van der Waals surface area contributed by atoms with Crippen LogP contribution >= 0.6 is 0 Å². The van der Waals surface area contributed by atoms with E-state index in [1.165, 1.54) is 63.6 Å². The number of nitriles is 1. The van der Waals surface area contributed by atoms with Crippen LogP contribution in [-0.2, 0) is 0 Å². The molecule has 6 rings (SSSR count). The van der Waals surface area contributed by atoms with Gasteiger partial charge in [0.15, 0.2) is 0 Å². The zero-order chi connectivity index (χ0) is 26.6. The highest BCUT2D eigenvalue weighted by atomic mass is 16.5. The molecule has 39 heavy (non-hydrogen) atoms. The highest BCUT2D eigenvalue weighted by Gasteiger charge is 2.19. The summed E-state index contributed by atoms with van der Waals surface area (Å²) in [5, 5.41) is 17.0. The first kappa shape index (κ1) is 25.0. The Morgan fingerprint density at radius 1 is 0.641 bits per heavy atom. The third-order valence-electron chi connectivity index (χ3n) is 7.96. The van der Waals surface area contributed by atoms with Crippen LogP contribution in [0.25, 0.3) is 43.4 Å². The van der Waals surface area contributed by atoms with Crippen molar-refractivity contribution in [1.82, 2.24) is 0 Å². The van der Waals surface area contributed by atoms with Crippen LogP contribution in [0.2, 0.25) is 0 Å². The van der Waals surface area contributed by atoms with Crippen LogP contribution in [-0.4, -0.2) is 0 Å². The average molecular weight is 508 g/mol. The summed E-state index contributed by atoms with van der Waals surface area (Å²) in [5.41, 5.74) is 4.16. The summed E-state index contributed by atoms with van der Waals surface area (Å²) < 4.78 is 6.78. The summed E-state index contributed by atoms with van der Waals surface area (Å²) in [6, 6.07) is 38.4. The molecule has 1 atom stereocenters. The van der Waals surface area contributed by atoms with Crippen LogP contribution in [0, 0.1) is 11.3 Å². The fraction of sp³-hybridized carbons (Fsp3) is 0.216. The Morgan fingerprint density at radius 2 is 1.26 bits per heavy atom. The zero-order valence-corrected chi connectivity index (χ0v) is 22.5. The van der Waals surface area contributed by atoms with Crippen LogP contribution in [0.5, 0.6) is 5.75 Å².